The summed E-state index contributed by atoms with van der Waals surface area (Å²) in [6.07, 6.45) is 6.08. The summed E-state index contributed by atoms with van der Waals surface area (Å²) in [7, 11) is 0. The Balaban J connectivity index is 1.52. The van der Waals surface area contributed by atoms with Crippen LogP contribution in [-0.2, 0) is 9.59 Å². The second kappa shape index (κ2) is 9.72. The lowest BCUT2D eigenvalue weighted by atomic mass is 9.97. The van der Waals surface area contributed by atoms with E-state index in [1.165, 1.54) is 17.7 Å². The molecular formula is C23H31N3O3. The highest BCUT2D eigenvalue weighted by Gasteiger charge is 2.34. The molecule has 3 rings (SSSR count). The zero-order valence-electron chi connectivity index (χ0n) is 17.3. The minimum atomic E-state index is -0.183. The van der Waals surface area contributed by atoms with Crippen LogP contribution in [0, 0.1) is 5.92 Å². The van der Waals surface area contributed by atoms with Crippen LogP contribution in [0.25, 0.3) is 5.70 Å². The molecule has 0 radical (unpaired) electrons. The fraction of sp³-hybridized carbons (Fsp3) is 0.522. The highest BCUT2D eigenvalue weighted by molar-refractivity contribution is 6.10. The lowest BCUT2D eigenvalue weighted by Gasteiger charge is -2.33. The van der Waals surface area contributed by atoms with Gasteiger partial charge in [0, 0.05) is 36.5 Å². The van der Waals surface area contributed by atoms with E-state index in [1.54, 1.807) is 11.0 Å². The highest BCUT2D eigenvalue weighted by Crippen LogP contribution is 2.31. The third-order valence-corrected chi connectivity index (χ3v) is 5.81. The van der Waals surface area contributed by atoms with E-state index in [0.29, 0.717) is 30.9 Å². The monoisotopic (exact) mass is 397 g/mol. The van der Waals surface area contributed by atoms with Gasteiger partial charge in [-0.05, 0) is 25.3 Å². The first-order valence-electron chi connectivity index (χ1n) is 10.7. The fourth-order valence-corrected chi connectivity index (χ4v) is 4.06. The van der Waals surface area contributed by atoms with Gasteiger partial charge < -0.3 is 10.2 Å². The summed E-state index contributed by atoms with van der Waals surface area (Å²) < 4.78 is 0. The van der Waals surface area contributed by atoms with E-state index in [0.717, 1.165) is 31.2 Å². The number of hydrogen-bond acceptors (Lipinski definition) is 3. The molecule has 0 saturated carbocycles. The van der Waals surface area contributed by atoms with Crippen LogP contribution in [0.3, 0.4) is 0 Å². The minimum Gasteiger partial charge on any atom is -0.356 e. The molecule has 3 amide bonds. The smallest absolute Gasteiger partial charge is 0.259 e. The van der Waals surface area contributed by atoms with Crippen molar-refractivity contribution in [3.63, 3.8) is 0 Å². The molecule has 1 unspecified atom stereocenters. The number of carbonyl (C=O) groups excluding carboxylic acids is 3. The molecule has 2 aliphatic rings. The van der Waals surface area contributed by atoms with Gasteiger partial charge in [-0.3, -0.25) is 19.3 Å². The maximum atomic E-state index is 12.9. The molecule has 1 atom stereocenters. The number of hydrogen-bond donors (Lipinski definition) is 1. The van der Waals surface area contributed by atoms with Crippen LogP contribution in [0.15, 0.2) is 30.8 Å². The first kappa shape index (κ1) is 21.1. The standard InChI is InChI=1S/C23H31N3O3/c1-3-4-5-8-13-24-22(28)18-10-9-14-25(15-18)21(27)16-26-17(2)19-11-6-7-12-20(19)23(26)29/h6-7,11-12,18H,2-5,8-10,13-16H2,1H3,(H,24,28). The van der Waals surface area contributed by atoms with E-state index in [2.05, 4.69) is 18.8 Å². The highest BCUT2D eigenvalue weighted by atomic mass is 16.2. The van der Waals surface area contributed by atoms with Gasteiger partial charge in [-0.15, -0.1) is 0 Å². The second-order valence-electron chi connectivity index (χ2n) is 7.91. The third-order valence-electron chi connectivity index (χ3n) is 5.81. The Kier molecular flexibility index (Phi) is 7.07. The molecule has 0 bridgehead atoms. The maximum Gasteiger partial charge on any atom is 0.259 e. The summed E-state index contributed by atoms with van der Waals surface area (Å²) in [5.41, 5.74) is 1.94. The van der Waals surface area contributed by atoms with Gasteiger partial charge in [0.15, 0.2) is 0 Å². The third kappa shape index (κ3) is 4.86. The molecule has 0 spiro atoms. The molecule has 1 saturated heterocycles. The number of benzene rings is 1. The van der Waals surface area contributed by atoms with E-state index in [9.17, 15) is 14.4 Å². The maximum absolute atomic E-state index is 12.9. The Morgan fingerprint density at radius 2 is 1.93 bits per heavy atom. The van der Waals surface area contributed by atoms with Gasteiger partial charge in [-0.25, -0.2) is 0 Å². The predicted octanol–water partition coefficient (Wildman–Crippen LogP) is 3.05. The summed E-state index contributed by atoms with van der Waals surface area (Å²) in [6.45, 7) is 7.87. The van der Waals surface area contributed by atoms with Gasteiger partial charge in [-0.2, -0.15) is 0 Å². The summed E-state index contributed by atoms with van der Waals surface area (Å²) in [6, 6.07) is 7.28. The van der Waals surface area contributed by atoms with E-state index in [-0.39, 0.29) is 30.2 Å². The number of nitrogens with zero attached hydrogens (tertiary/aromatic N) is 2. The van der Waals surface area contributed by atoms with Gasteiger partial charge in [-0.1, -0.05) is 51.0 Å². The number of rotatable bonds is 8. The Morgan fingerprint density at radius 3 is 2.66 bits per heavy atom. The number of amides is 3. The van der Waals surface area contributed by atoms with E-state index < -0.39 is 0 Å². The molecule has 6 heteroatoms. The first-order valence-corrected chi connectivity index (χ1v) is 10.7. The molecule has 0 aliphatic carbocycles. The minimum absolute atomic E-state index is 0.0301. The van der Waals surface area contributed by atoms with Crippen molar-refractivity contribution < 1.29 is 14.4 Å². The average Bonchev–Trinajstić information content (AvgIpc) is 2.98. The normalized spacial score (nSPS) is 18.7. The van der Waals surface area contributed by atoms with Crippen molar-refractivity contribution >= 4 is 23.4 Å². The Labute approximate surface area is 172 Å². The number of unbranched alkanes of at least 4 members (excludes halogenated alkanes) is 3. The summed E-state index contributed by atoms with van der Waals surface area (Å²) in [4.78, 5) is 41.1. The molecule has 29 heavy (non-hydrogen) atoms. The molecule has 0 aromatic heterocycles. The summed E-state index contributed by atoms with van der Waals surface area (Å²) in [5.74, 6) is -0.452. The van der Waals surface area contributed by atoms with Crippen molar-refractivity contribution in [2.45, 2.75) is 45.4 Å². The zero-order chi connectivity index (χ0) is 20.8. The molecule has 2 aliphatic heterocycles. The van der Waals surface area contributed by atoms with Crippen LogP contribution in [0.1, 0.15) is 61.4 Å². The van der Waals surface area contributed by atoms with Crippen LogP contribution in [0.5, 0.6) is 0 Å². The van der Waals surface area contributed by atoms with Crippen LogP contribution >= 0.6 is 0 Å². The van der Waals surface area contributed by atoms with Crippen LogP contribution < -0.4 is 5.32 Å². The molecule has 2 heterocycles. The second-order valence-corrected chi connectivity index (χ2v) is 7.91. The van der Waals surface area contributed by atoms with Crippen molar-refractivity contribution in [1.82, 2.24) is 15.1 Å². The first-order chi connectivity index (χ1) is 14.0. The van der Waals surface area contributed by atoms with Gasteiger partial charge in [0.25, 0.3) is 5.91 Å². The lowest BCUT2D eigenvalue weighted by molar-refractivity contribution is -0.135. The Morgan fingerprint density at radius 1 is 1.17 bits per heavy atom. The number of fused-ring (bicyclic) bond motifs is 1. The fourth-order valence-electron chi connectivity index (χ4n) is 4.06. The molecular weight excluding hydrogens is 366 g/mol. The van der Waals surface area contributed by atoms with Crippen LogP contribution in [-0.4, -0.2) is 53.7 Å². The average molecular weight is 398 g/mol. The van der Waals surface area contributed by atoms with Gasteiger partial charge in [0.1, 0.15) is 6.54 Å². The number of nitrogens with one attached hydrogen (secondary N) is 1. The summed E-state index contributed by atoms with van der Waals surface area (Å²) in [5, 5.41) is 3.01. The van der Waals surface area contributed by atoms with Crippen molar-refractivity contribution in [2.75, 3.05) is 26.2 Å². The Bertz CT molecular complexity index is 754. The van der Waals surface area contributed by atoms with E-state index >= 15 is 0 Å². The SMILES string of the molecule is C=C1c2ccccc2C(=O)N1CC(=O)N1CCCC(C(=O)NCCCCCC)C1. The topological polar surface area (TPSA) is 69.7 Å². The molecule has 1 fully saturated rings. The largest absolute Gasteiger partial charge is 0.356 e. The van der Waals surface area contributed by atoms with Gasteiger partial charge >= 0.3 is 0 Å². The lowest BCUT2D eigenvalue weighted by Crippen LogP contribution is -2.48. The predicted molar refractivity (Wildman–Crippen MR) is 113 cm³/mol. The van der Waals surface area contributed by atoms with Crippen LogP contribution in [0.4, 0.5) is 0 Å². The van der Waals surface area contributed by atoms with Crippen molar-refractivity contribution in [2.24, 2.45) is 5.92 Å². The van der Waals surface area contributed by atoms with E-state index in [1.807, 2.05) is 18.2 Å². The zero-order valence-corrected chi connectivity index (χ0v) is 17.3. The molecule has 6 nitrogen and oxygen atoms in total. The van der Waals surface area contributed by atoms with Gasteiger partial charge in [0.05, 0.1) is 5.92 Å². The van der Waals surface area contributed by atoms with Crippen molar-refractivity contribution in [1.29, 1.82) is 0 Å². The molecule has 156 valence electrons. The molecule has 1 aromatic carbocycles. The van der Waals surface area contributed by atoms with E-state index in [4.69, 9.17) is 0 Å². The molecule has 1 N–H and O–H groups in total. The molecule has 1 aromatic rings. The van der Waals surface area contributed by atoms with Crippen molar-refractivity contribution in [3.8, 4) is 0 Å². The quantitative estimate of drug-likeness (QED) is 0.686. The Hall–Kier alpha value is -2.63. The van der Waals surface area contributed by atoms with Gasteiger partial charge in [0.2, 0.25) is 11.8 Å². The van der Waals surface area contributed by atoms with Crippen LogP contribution in [0.2, 0.25) is 0 Å². The number of piperidine rings is 1. The van der Waals surface area contributed by atoms with Crippen molar-refractivity contribution in [3.05, 3.63) is 42.0 Å². The number of carbonyl (C=O) groups is 3. The summed E-state index contributed by atoms with van der Waals surface area (Å²) >= 11 is 0. The number of likely N-dealkylation sites (tertiary alicyclic amines) is 1.